The summed E-state index contributed by atoms with van der Waals surface area (Å²) in [6.07, 6.45) is 0. The number of hydrogen-bond acceptors (Lipinski definition) is 5. The lowest BCUT2D eigenvalue weighted by atomic mass is 10.1. The van der Waals surface area contributed by atoms with Gasteiger partial charge in [-0.3, -0.25) is 4.79 Å². The first kappa shape index (κ1) is 18.7. The number of ketones is 1. The van der Waals surface area contributed by atoms with Crippen LogP contribution in [0.4, 0.5) is 0 Å². The summed E-state index contributed by atoms with van der Waals surface area (Å²) < 4.78 is 6.08. The fourth-order valence-electron chi connectivity index (χ4n) is 3.05. The van der Waals surface area contributed by atoms with E-state index in [0.29, 0.717) is 11.0 Å². The van der Waals surface area contributed by atoms with Crippen LogP contribution >= 0.6 is 23.1 Å². The van der Waals surface area contributed by atoms with E-state index in [4.69, 9.17) is 9.40 Å². The van der Waals surface area contributed by atoms with Crippen LogP contribution in [-0.4, -0.2) is 16.5 Å². The molecule has 0 aliphatic heterocycles. The summed E-state index contributed by atoms with van der Waals surface area (Å²) in [7, 11) is 0. The van der Waals surface area contributed by atoms with Gasteiger partial charge in [-0.25, -0.2) is 4.98 Å². The van der Waals surface area contributed by atoms with E-state index in [9.17, 15) is 4.79 Å². The SMILES string of the molecule is Cc1cc(C(=O)CSc2nc(-c3ccccc3)c(-c3ccccc3)o2)c(C)s1. The Balaban J connectivity index is 1.62. The lowest BCUT2D eigenvalue weighted by molar-refractivity contribution is 0.102. The van der Waals surface area contributed by atoms with Crippen molar-refractivity contribution in [1.29, 1.82) is 0 Å². The molecule has 0 saturated heterocycles. The van der Waals surface area contributed by atoms with Crippen molar-refractivity contribution >= 4 is 28.9 Å². The summed E-state index contributed by atoms with van der Waals surface area (Å²) in [5.41, 5.74) is 3.56. The van der Waals surface area contributed by atoms with Crippen LogP contribution in [0, 0.1) is 13.8 Å². The van der Waals surface area contributed by atoms with Gasteiger partial charge in [0.2, 0.25) is 0 Å². The Bertz CT molecular complexity index is 1040. The second kappa shape index (κ2) is 8.17. The number of nitrogens with zero attached hydrogens (tertiary/aromatic N) is 1. The van der Waals surface area contributed by atoms with Gasteiger partial charge < -0.3 is 4.42 Å². The van der Waals surface area contributed by atoms with E-state index < -0.39 is 0 Å². The highest BCUT2D eigenvalue weighted by molar-refractivity contribution is 7.99. The van der Waals surface area contributed by atoms with Gasteiger partial charge in [-0.1, -0.05) is 72.4 Å². The molecule has 2 heterocycles. The van der Waals surface area contributed by atoms with E-state index in [1.54, 1.807) is 11.3 Å². The van der Waals surface area contributed by atoms with Gasteiger partial charge in [0.1, 0.15) is 5.69 Å². The molecule has 0 N–H and O–H groups in total. The van der Waals surface area contributed by atoms with Gasteiger partial charge in [0.25, 0.3) is 5.22 Å². The third-order valence-electron chi connectivity index (χ3n) is 4.36. The second-order valence-corrected chi connectivity index (χ2v) is 8.82. The minimum Gasteiger partial charge on any atom is -0.431 e. The number of thiophene rings is 1. The van der Waals surface area contributed by atoms with Crippen molar-refractivity contribution in [3.05, 3.63) is 82.0 Å². The minimum absolute atomic E-state index is 0.104. The molecule has 0 fully saturated rings. The van der Waals surface area contributed by atoms with E-state index in [1.807, 2.05) is 80.6 Å². The number of carbonyl (C=O) groups excluding carboxylic acids is 1. The Morgan fingerprint density at radius 3 is 2.25 bits per heavy atom. The molecule has 4 aromatic rings. The maximum atomic E-state index is 12.6. The molecule has 5 heteroatoms. The second-order valence-electron chi connectivity index (χ2n) is 6.43. The van der Waals surface area contributed by atoms with E-state index in [1.165, 1.54) is 11.8 Å². The van der Waals surface area contributed by atoms with Crippen LogP contribution in [-0.2, 0) is 0 Å². The molecule has 0 amide bonds. The van der Waals surface area contributed by atoms with Gasteiger partial charge in [-0.15, -0.1) is 11.3 Å². The first-order valence-corrected chi connectivity index (χ1v) is 10.8. The van der Waals surface area contributed by atoms with E-state index in [2.05, 4.69) is 0 Å². The summed E-state index contributed by atoms with van der Waals surface area (Å²) in [6, 6.07) is 21.9. The quantitative estimate of drug-likeness (QED) is 0.266. The van der Waals surface area contributed by atoms with Gasteiger partial charge in [0.15, 0.2) is 11.5 Å². The zero-order chi connectivity index (χ0) is 19.5. The number of aryl methyl sites for hydroxylation is 2. The highest BCUT2D eigenvalue weighted by atomic mass is 32.2. The number of aromatic nitrogens is 1. The average molecular weight is 406 g/mol. The van der Waals surface area contributed by atoms with Crippen LogP contribution in [0.15, 0.2) is 76.4 Å². The standard InChI is InChI=1S/C23H19NO2S2/c1-15-13-19(16(2)28-15)20(25)14-27-23-24-21(17-9-5-3-6-10-17)22(26-23)18-11-7-4-8-12-18/h3-13H,14H2,1-2H3. The number of benzene rings is 2. The van der Waals surface area contributed by atoms with Crippen LogP contribution < -0.4 is 0 Å². The Hall–Kier alpha value is -2.63. The zero-order valence-corrected chi connectivity index (χ0v) is 17.3. The van der Waals surface area contributed by atoms with Gasteiger partial charge in [0.05, 0.1) is 5.75 Å². The van der Waals surface area contributed by atoms with Crippen LogP contribution in [0.25, 0.3) is 22.6 Å². The number of thioether (sulfide) groups is 1. The van der Waals surface area contributed by atoms with Gasteiger partial charge in [-0.05, 0) is 19.9 Å². The number of hydrogen-bond donors (Lipinski definition) is 0. The average Bonchev–Trinajstić information content (AvgIpc) is 3.30. The molecule has 2 aromatic carbocycles. The molecule has 2 aromatic heterocycles. The number of rotatable bonds is 6. The summed E-state index contributed by atoms with van der Waals surface area (Å²) in [5, 5.41) is 0.510. The van der Waals surface area contributed by atoms with Crippen molar-refractivity contribution in [3.8, 4) is 22.6 Å². The molecule has 140 valence electrons. The van der Waals surface area contributed by atoms with Crippen LogP contribution in [0.1, 0.15) is 20.1 Å². The van der Waals surface area contributed by atoms with Gasteiger partial charge in [-0.2, -0.15) is 0 Å². The summed E-state index contributed by atoms with van der Waals surface area (Å²) in [4.78, 5) is 19.5. The van der Waals surface area contributed by atoms with Crippen molar-refractivity contribution < 1.29 is 9.21 Å². The molecule has 0 atom stereocenters. The molecule has 28 heavy (non-hydrogen) atoms. The third-order valence-corrected chi connectivity index (χ3v) is 6.15. The molecule has 0 aliphatic carbocycles. The topological polar surface area (TPSA) is 43.1 Å². The summed E-state index contributed by atoms with van der Waals surface area (Å²) in [6.45, 7) is 4.01. The largest absolute Gasteiger partial charge is 0.431 e. The number of carbonyl (C=O) groups is 1. The minimum atomic E-state index is 0.104. The fraction of sp³-hybridized carbons (Fsp3) is 0.130. The van der Waals surface area contributed by atoms with Crippen molar-refractivity contribution in [2.24, 2.45) is 0 Å². The van der Waals surface area contributed by atoms with E-state index >= 15 is 0 Å². The molecule has 3 nitrogen and oxygen atoms in total. The normalized spacial score (nSPS) is 10.9. The van der Waals surface area contributed by atoms with Crippen molar-refractivity contribution in [1.82, 2.24) is 4.98 Å². The molecule has 0 radical (unpaired) electrons. The molecular weight excluding hydrogens is 386 g/mol. The molecule has 4 rings (SSSR count). The van der Waals surface area contributed by atoms with Crippen LogP contribution in [0.2, 0.25) is 0 Å². The van der Waals surface area contributed by atoms with E-state index in [0.717, 1.165) is 37.9 Å². The molecule has 0 bridgehead atoms. The first-order chi connectivity index (χ1) is 13.6. The molecular formula is C23H19NO2S2. The first-order valence-electron chi connectivity index (χ1n) is 8.96. The lowest BCUT2D eigenvalue weighted by Crippen LogP contribution is -2.02. The highest BCUT2D eigenvalue weighted by Gasteiger charge is 2.19. The Morgan fingerprint density at radius 1 is 1.00 bits per heavy atom. The summed E-state index contributed by atoms with van der Waals surface area (Å²) in [5.74, 6) is 1.14. The molecule has 0 spiro atoms. The summed E-state index contributed by atoms with van der Waals surface area (Å²) >= 11 is 2.99. The maximum absolute atomic E-state index is 12.6. The smallest absolute Gasteiger partial charge is 0.257 e. The van der Waals surface area contributed by atoms with Gasteiger partial charge >= 0.3 is 0 Å². The monoisotopic (exact) mass is 405 g/mol. The van der Waals surface area contributed by atoms with Crippen LogP contribution in [0.3, 0.4) is 0 Å². The number of oxazole rings is 1. The van der Waals surface area contributed by atoms with Crippen molar-refractivity contribution in [2.45, 2.75) is 19.1 Å². The van der Waals surface area contributed by atoms with Crippen molar-refractivity contribution in [2.75, 3.05) is 5.75 Å². The Labute approximate surface area is 172 Å². The fourth-order valence-corrected chi connectivity index (χ4v) is 4.70. The molecule has 0 saturated carbocycles. The lowest BCUT2D eigenvalue weighted by Gasteiger charge is -2.00. The zero-order valence-electron chi connectivity index (χ0n) is 15.6. The predicted octanol–water partition coefficient (Wildman–Crippen LogP) is 6.66. The molecule has 0 aliphatic rings. The van der Waals surface area contributed by atoms with Gasteiger partial charge in [0, 0.05) is 26.4 Å². The Kier molecular flexibility index (Phi) is 5.46. The van der Waals surface area contributed by atoms with E-state index in [-0.39, 0.29) is 5.78 Å². The van der Waals surface area contributed by atoms with Crippen molar-refractivity contribution in [3.63, 3.8) is 0 Å². The molecule has 0 unspecified atom stereocenters. The highest BCUT2D eigenvalue weighted by Crippen LogP contribution is 2.35. The van der Waals surface area contributed by atoms with Crippen LogP contribution in [0.5, 0.6) is 0 Å². The Morgan fingerprint density at radius 2 is 1.64 bits per heavy atom. The third kappa shape index (κ3) is 3.96. The number of Topliss-reactive ketones (excluding diaryl/α,β-unsaturated/α-hetero) is 1. The predicted molar refractivity (Wildman–Crippen MR) is 116 cm³/mol. The maximum Gasteiger partial charge on any atom is 0.257 e.